The maximum Gasteiger partial charge on any atom is 0.326 e. The third-order valence-corrected chi connectivity index (χ3v) is 20.2. The molecule has 5 saturated heterocycles. The van der Waals surface area contributed by atoms with Gasteiger partial charge in [0.05, 0.1) is 26.4 Å². The van der Waals surface area contributed by atoms with Crippen LogP contribution in [0.25, 0.3) is 0 Å². The average molecular weight is 1770 g/mol. The van der Waals surface area contributed by atoms with Crippen LogP contribution in [0, 0.1) is 0 Å². The van der Waals surface area contributed by atoms with Gasteiger partial charge in [-0.15, -0.1) is 0 Å². The SMILES string of the molecule is CC(=O)NC1C(OC2C(CO)OC(O)C(NC(C)=O)C2OC(C)C(=O)NC(C)C(=O)NC(CCC(=O)NC(CCCC(N)C(=O)O)C(=O)NC(C)C(=O)NC(CCCC(NC(=O)CCC(NC(=O)C(C)NC(=O)C(C)OC2C(NC(C)=O)C3OCC(O3)C2OC2OC(CO)C(O)C(O)C2NC(C)=O)C(=O)O)C(=O)O)C(=O)O)C(=O)O)OC(CO)C(O)C1O. The van der Waals surface area contributed by atoms with E-state index in [0.717, 1.165) is 55.4 Å². The van der Waals surface area contributed by atoms with Crippen molar-refractivity contribution in [2.75, 3.05) is 26.4 Å². The lowest BCUT2D eigenvalue weighted by molar-refractivity contribution is -0.333. The number of rotatable bonds is 48. The number of carbonyl (C=O) groups excluding carboxylic acids is 12. The van der Waals surface area contributed by atoms with Crippen LogP contribution in [-0.4, -0.2) is 383 Å². The lowest BCUT2D eigenvalue weighted by Gasteiger charge is -2.48. The lowest BCUT2D eigenvalue weighted by atomic mass is 9.94. The molecule has 123 heavy (non-hydrogen) atoms. The zero-order chi connectivity index (χ0) is 92.5. The van der Waals surface area contributed by atoms with Crippen molar-refractivity contribution in [1.29, 1.82) is 0 Å². The summed E-state index contributed by atoms with van der Waals surface area (Å²) >= 11 is 0. The van der Waals surface area contributed by atoms with Gasteiger partial charge in [0.15, 0.2) is 25.2 Å². The molecule has 31 atom stereocenters. The van der Waals surface area contributed by atoms with E-state index in [1.807, 2.05) is 0 Å². The summed E-state index contributed by atoms with van der Waals surface area (Å²) < 4.78 is 53.0. The van der Waals surface area contributed by atoms with Crippen LogP contribution in [0.1, 0.15) is 127 Å². The van der Waals surface area contributed by atoms with E-state index in [1.54, 1.807) is 0 Å². The number of aliphatic hydroxyl groups excluding tert-OH is 8. The van der Waals surface area contributed by atoms with Crippen LogP contribution >= 0.6 is 0 Å². The van der Waals surface area contributed by atoms with Gasteiger partial charge in [-0.3, -0.25) is 62.3 Å². The van der Waals surface area contributed by atoms with Crippen molar-refractivity contribution >= 4 is 101 Å². The van der Waals surface area contributed by atoms with Crippen molar-refractivity contribution in [3.8, 4) is 0 Å². The standard InChI is InChI=1S/C71H113N13O39/c1-24(73-60(101)27(4)116-55-47(78-31(8)90)68(114)118-41(22-87)53(55)122-70-45(76-29(6)88)51(96)49(94)39(20-85)119-70)57(98)83-37(66(110)111)16-18-43(92)80-34(13-10-12-33(72)63(104)105)62(103)75-26(3)59(100)82-36(65(108)109)15-11-14-35(64(106)107)81-44(93)19-17-38(67(112)113)84-58(99)25(2)74-61(102)28(5)117-56-48(79-32(9)91)69-115-23-42(121-69)54(56)123-71-46(77-30(7)89)52(97)50(95)40(21-86)120-71/h24-28,33-42,45-56,68-71,85-87,94-97,114H,10-23,72H2,1-9H3,(H,73,101)(H,74,102)(H,75,103)(H,76,88)(H,77,89)(H,78,90)(H,79,91)(H,80,92)(H,81,93)(H,82,100)(H,83,98)(H,84,99)(H,104,105)(H,106,107)(H,108,109)(H,110,111)(H,112,113). The second-order valence-corrected chi connectivity index (χ2v) is 30.0. The summed E-state index contributed by atoms with van der Waals surface area (Å²) in [7, 11) is 0. The van der Waals surface area contributed by atoms with Gasteiger partial charge in [-0.25, -0.2) is 19.2 Å². The van der Waals surface area contributed by atoms with Crippen molar-refractivity contribution in [1.82, 2.24) is 63.8 Å². The summed E-state index contributed by atoms with van der Waals surface area (Å²) in [5.74, 6) is -19.8. The summed E-state index contributed by atoms with van der Waals surface area (Å²) in [6.07, 6.45) is -33.8. The lowest BCUT2D eigenvalue weighted by Crippen LogP contribution is -2.70. The molecule has 5 aliphatic rings. The van der Waals surface area contributed by atoms with Gasteiger partial charge in [-0.05, 0) is 86.0 Å². The van der Waals surface area contributed by atoms with E-state index in [2.05, 4.69) is 63.8 Å². The third kappa shape index (κ3) is 30.6. The molecule has 0 radical (unpaired) electrons. The molecule has 27 N–H and O–H groups in total. The number of carboxylic acid groups (broad SMARTS) is 5. The Kier molecular flexibility index (Phi) is 40.9. The van der Waals surface area contributed by atoms with Gasteiger partial charge in [0.1, 0.15) is 164 Å². The third-order valence-electron chi connectivity index (χ3n) is 20.2. The first-order valence-corrected chi connectivity index (χ1v) is 39.1. The Morgan fingerprint density at radius 1 is 0.374 bits per heavy atom. The Hall–Kier alpha value is -9.73. The van der Waals surface area contributed by atoms with Gasteiger partial charge in [0.2, 0.25) is 70.9 Å². The first-order chi connectivity index (χ1) is 57.6. The van der Waals surface area contributed by atoms with Crippen LogP contribution in [0.3, 0.4) is 0 Å². The number of nitrogens with one attached hydrogen (secondary N) is 12. The van der Waals surface area contributed by atoms with Crippen molar-refractivity contribution in [2.45, 2.75) is 316 Å². The quantitative estimate of drug-likeness (QED) is 0.0269. The molecule has 2 bridgehead atoms. The molecular formula is C71H113N13O39. The highest BCUT2D eigenvalue weighted by Gasteiger charge is 2.58. The Morgan fingerprint density at radius 3 is 1.12 bits per heavy atom. The van der Waals surface area contributed by atoms with Gasteiger partial charge >= 0.3 is 29.8 Å². The molecule has 0 aromatic rings. The van der Waals surface area contributed by atoms with E-state index in [4.69, 9.17) is 48.4 Å². The number of nitrogens with two attached hydrogens (primary N) is 1. The number of carbonyl (C=O) groups is 17. The zero-order valence-electron chi connectivity index (χ0n) is 68.3. The first kappa shape index (κ1) is 104. The summed E-state index contributed by atoms with van der Waals surface area (Å²) in [5.41, 5.74) is 5.64. The number of aliphatic hydroxyl groups is 8. The summed E-state index contributed by atoms with van der Waals surface area (Å²) in [6, 6.07) is -21.1. The number of carboxylic acids is 5. The molecule has 0 spiro atoms. The molecule has 696 valence electrons. The fraction of sp³-hybridized carbons (Fsp3) is 0.761. The summed E-state index contributed by atoms with van der Waals surface area (Å²) in [5, 5.41) is 161. The number of hydrogen-bond donors (Lipinski definition) is 26. The summed E-state index contributed by atoms with van der Waals surface area (Å²) in [6.45, 7) is 7.16. The van der Waals surface area contributed by atoms with Crippen LogP contribution in [0.2, 0.25) is 0 Å². The van der Waals surface area contributed by atoms with E-state index >= 15 is 0 Å². The monoisotopic (exact) mass is 1770 g/mol. The molecular weight excluding hydrogens is 1660 g/mol. The van der Waals surface area contributed by atoms with E-state index in [0.29, 0.717) is 0 Å². The number of hydrogen-bond acceptors (Lipinski definition) is 35. The number of amides is 12. The minimum Gasteiger partial charge on any atom is -0.480 e. The highest BCUT2D eigenvalue weighted by molar-refractivity contribution is 5.95. The van der Waals surface area contributed by atoms with Gasteiger partial charge < -0.3 is 179 Å². The maximum atomic E-state index is 13.8. The van der Waals surface area contributed by atoms with Crippen molar-refractivity contribution in [2.24, 2.45) is 5.73 Å². The molecule has 52 heteroatoms. The predicted octanol–water partition coefficient (Wildman–Crippen LogP) is -12.7. The van der Waals surface area contributed by atoms with Crippen molar-refractivity contribution in [3.63, 3.8) is 0 Å². The molecule has 12 amide bonds. The van der Waals surface area contributed by atoms with Gasteiger partial charge in [0.25, 0.3) is 0 Å². The number of aliphatic carboxylic acids is 5. The Morgan fingerprint density at radius 2 is 0.724 bits per heavy atom. The largest absolute Gasteiger partial charge is 0.480 e. The molecule has 0 aromatic carbocycles. The minimum absolute atomic E-state index is 0.180. The second kappa shape index (κ2) is 48.5. The highest BCUT2D eigenvalue weighted by atomic mass is 16.8. The van der Waals surface area contributed by atoms with Crippen LogP contribution in [0.15, 0.2) is 0 Å². The topological polar surface area (TPSA) is 807 Å². The molecule has 5 heterocycles. The fourth-order valence-electron chi connectivity index (χ4n) is 13.6. The van der Waals surface area contributed by atoms with Crippen LogP contribution < -0.4 is 69.5 Å². The maximum absolute atomic E-state index is 13.8. The molecule has 0 aromatic heterocycles. The fourth-order valence-corrected chi connectivity index (χ4v) is 13.6. The average Bonchev–Trinajstić information content (AvgIpc) is 1.67. The van der Waals surface area contributed by atoms with Crippen molar-refractivity contribution in [3.05, 3.63) is 0 Å². The van der Waals surface area contributed by atoms with E-state index in [9.17, 15) is 148 Å². The normalized spacial score (nSPS) is 29.3. The second-order valence-electron chi connectivity index (χ2n) is 30.0. The van der Waals surface area contributed by atoms with E-state index < -0.39 is 348 Å². The van der Waals surface area contributed by atoms with Crippen LogP contribution in [0.4, 0.5) is 0 Å². The predicted molar refractivity (Wildman–Crippen MR) is 402 cm³/mol. The number of fused-ring (bicyclic) bond motifs is 2. The molecule has 31 unspecified atom stereocenters. The molecule has 5 aliphatic heterocycles. The Labute approximate surface area is 700 Å². The molecule has 0 saturated carbocycles. The van der Waals surface area contributed by atoms with Gasteiger partial charge in [-0.2, -0.15) is 0 Å². The highest BCUT2D eigenvalue weighted by Crippen LogP contribution is 2.36. The summed E-state index contributed by atoms with van der Waals surface area (Å²) in [4.78, 5) is 219. The zero-order valence-corrected chi connectivity index (χ0v) is 68.3. The van der Waals surface area contributed by atoms with Crippen LogP contribution in [-0.2, 0) is 124 Å². The molecule has 52 nitrogen and oxygen atoms in total. The van der Waals surface area contributed by atoms with Crippen molar-refractivity contribution < 1.29 is 191 Å². The molecule has 5 rings (SSSR count). The van der Waals surface area contributed by atoms with Gasteiger partial charge in [0, 0.05) is 40.5 Å². The first-order valence-electron chi connectivity index (χ1n) is 39.1. The van der Waals surface area contributed by atoms with E-state index in [1.165, 1.54) is 6.92 Å². The van der Waals surface area contributed by atoms with Crippen LogP contribution in [0.5, 0.6) is 0 Å². The Balaban J connectivity index is 1.14. The smallest absolute Gasteiger partial charge is 0.326 e. The van der Waals surface area contributed by atoms with E-state index in [-0.39, 0.29) is 32.3 Å². The Bertz CT molecular complexity index is 3700. The molecule has 0 aliphatic carbocycles. The molecule has 5 fully saturated rings. The van der Waals surface area contributed by atoms with Gasteiger partial charge in [-0.1, -0.05) is 0 Å². The minimum atomic E-state index is -1.98. The number of ether oxygens (including phenoxy) is 9.